The van der Waals surface area contributed by atoms with Gasteiger partial charge >= 0.3 is 0 Å². The zero-order valence-electron chi connectivity index (χ0n) is 14.0. The third-order valence-electron chi connectivity index (χ3n) is 4.22. The van der Waals surface area contributed by atoms with Gasteiger partial charge in [-0.3, -0.25) is 9.36 Å². The van der Waals surface area contributed by atoms with E-state index < -0.39 is 0 Å². The molecule has 3 aromatic rings. The molecule has 1 aliphatic heterocycles. The van der Waals surface area contributed by atoms with E-state index >= 15 is 0 Å². The Kier molecular flexibility index (Phi) is 4.30. The Labute approximate surface area is 154 Å². The van der Waals surface area contributed by atoms with Gasteiger partial charge in [-0.2, -0.15) is 0 Å². The number of phenolic OH excluding ortho intramolecular Hbond substituents is 1. The topological polar surface area (TPSA) is 76.4 Å². The molecule has 6 nitrogen and oxygen atoms in total. The minimum absolute atomic E-state index is 0.0844. The van der Waals surface area contributed by atoms with Crippen LogP contribution in [-0.4, -0.2) is 33.4 Å². The van der Waals surface area contributed by atoms with Crippen molar-refractivity contribution in [3.8, 4) is 17.2 Å². The van der Waals surface area contributed by atoms with Gasteiger partial charge < -0.3 is 15.2 Å². The monoisotopic (exact) mass is 367 g/mol. The lowest BCUT2D eigenvalue weighted by Crippen LogP contribution is -2.12. The van der Waals surface area contributed by atoms with Crippen LogP contribution in [0.2, 0.25) is 0 Å². The number of anilines is 1. The van der Waals surface area contributed by atoms with Gasteiger partial charge in [0.05, 0.1) is 23.8 Å². The number of aromatic nitrogens is 2. The first-order chi connectivity index (χ1) is 12.7. The Balaban J connectivity index is 1.85. The highest BCUT2D eigenvalue weighted by atomic mass is 32.2. The number of nitrogens with one attached hydrogen (secondary N) is 1. The SMILES string of the molecule is COc1ccc(-n2cnc3c2[C@@H](c2cccc(O)c2)SCC(=O)N3)cc1. The summed E-state index contributed by atoms with van der Waals surface area (Å²) in [4.78, 5) is 16.5. The van der Waals surface area contributed by atoms with Gasteiger partial charge in [-0.25, -0.2) is 4.98 Å². The number of thioether (sulfide) groups is 1. The third-order valence-corrected chi connectivity index (χ3v) is 5.47. The highest BCUT2D eigenvalue weighted by Gasteiger charge is 2.29. The predicted molar refractivity (Wildman–Crippen MR) is 101 cm³/mol. The first kappa shape index (κ1) is 16.5. The van der Waals surface area contributed by atoms with Crippen LogP contribution in [0.25, 0.3) is 5.69 Å². The van der Waals surface area contributed by atoms with Crippen LogP contribution in [0.4, 0.5) is 5.82 Å². The normalized spacial score (nSPS) is 16.5. The summed E-state index contributed by atoms with van der Waals surface area (Å²) in [5, 5.41) is 12.6. The lowest BCUT2D eigenvalue weighted by molar-refractivity contribution is -0.113. The first-order valence-electron chi connectivity index (χ1n) is 8.08. The molecular formula is C19H17N3O3S. The number of phenols is 1. The zero-order valence-corrected chi connectivity index (χ0v) is 14.9. The van der Waals surface area contributed by atoms with Crippen LogP contribution in [0.3, 0.4) is 0 Å². The number of hydrogen-bond acceptors (Lipinski definition) is 5. The average molecular weight is 367 g/mol. The molecule has 26 heavy (non-hydrogen) atoms. The van der Waals surface area contributed by atoms with Crippen molar-refractivity contribution < 1.29 is 14.6 Å². The van der Waals surface area contributed by atoms with E-state index in [4.69, 9.17) is 4.74 Å². The molecule has 7 heteroatoms. The van der Waals surface area contributed by atoms with E-state index in [9.17, 15) is 9.90 Å². The van der Waals surface area contributed by atoms with Crippen LogP contribution in [0.5, 0.6) is 11.5 Å². The average Bonchev–Trinajstić information content (AvgIpc) is 2.97. The summed E-state index contributed by atoms with van der Waals surface area (Å²) in [6, 6.07) is 14.8. The van der Waals surface area contributed by atoms with E-state index in [0.717, 1.165) is 22.7 Å². The summed E-state index contributed by atoms with van der Waals surface area (Å²) in [5.41, 5.74) is 2.71. The Morgan fingerprint density at radius 3 is 2.81 bits per heavy atom. The van der Waals surface area contributed by atoms with Crippen molar-refractivity contribution >= 4 is 23.5 Å². The number of aromatic hydroxyl groups is 1. The maximum atomic E-state index is 12.1. The van der Waals surface area contributed by atoms with E-state index in [1.807, 2.05) is 34.9 Å². The van der Waals surface area contributed by atoms with Gasteiger partial charge in [-0.05, 0) is 42.0 Å². The molecule has 1 amide bonds. The minimum atomic E-state index is -0.138. The van der Waals surface area contributed by atoms with Gasteiger partial charge in [-0.15, -0.1) is 11.8 Å². The fourth-order valence-electron chi connectivity index (χ4n) is 3.00. The number of amides is 1. The van der Waals surface area contributed by atoms with Gasteiger partial charge in [-0.1, -0.05) is 12.1 Å². The molecular weight excluding hydrogens is 350 g/mol. The van der Waals surface area contributed by atoms with E-state index in [2.05, 4.69) is 10.3 Å². The molecule has 4 rings (SSSR count). The standard InChI is InChI=1S/C19H17N3O3S/c1-25-15-7-5-13(6-8-15)22-11-20-19-17(22)18(26-10-16(24)21-19)12-3-2-4-14(23)9-12/h2-9,11,18,23H,10H2,1H3,(H,21,24)/t18-/m1/s1. The summed E-state index contributed by atoms with van der Waals surface area (Å²) in [5.74, 6) is 1.75. The van der Waals surface area contributed by atoms with Crippen LogP contribution in [-0.2, 0) is 4.79 Å². The molecule has 2 heterocycles. The smallest absolute Gasteiger partial charge is 0.235 e. The van der Waals surface area contributed by atoms with Crippen LogP contribution in [0, 0.1) is 0 Å². The second kappa shape index (κ2) is 6.76. The Bertz CT molecular complexity index is 953. The molecule has 0 saturated carbocycles. The number of benzene rings is 2. The second-order valence-corrected chi connectivity index (χ2v) is 6.97. The summed E-state index contributed by atoms with van der Waals surface area (Å²) in [7, 11) is 1.63. The Hall–Kier alpha value is -2.93. The zero-order chi connectivity index (χ0) is 18.1. The molecule has 0 spiro atoms. The third kappa shape index (κ3) is 3.01. The van der Waals surface area contributed by atoms with Crippen LogP contribution < -0.4 is 10.1 Å². The number of methoxy groups -OCH3 is 1. The van der Waals surface area contributed by atoms with Crippen molar-refractivity contribution in [2.24, 2.45) is 0 Å². The molecule has 0 unspecified atom stereocenters. The highest BCUT2D eigenvalue weighted by Crippen LogP contribution is 2.42. The van der Waals surface area contributed by atoms with Crippen LogP contribution in [0.1, 0.15) is 16.5 Å². The fourth-order valence-corrected chi connectivity index (χ4v) is 4.11. The number of rotatable bonds is 3. The lowest BCUT2D eigenvalue weighted by Gasteiger charge is -2.18. The van der Waals surface area contributed by atoms with Gasteiger partial charge in [0.1, 0.15) is 17.8 Å². The summed E-state index contributed by atoms with van der Waals surface area (Å²) >= 11 is 1.51. The van der Waals surface area contributed by atoms with Crippen LogP contribution >= 0.6 is 11.8 Å². The fraction of sp³-hybridized carbons (Fsp3) is 0.158. The van der Waals surface area contributed by atoms with E-state index in [0.29, 0.717) is 11.6 Å². The number of nitrogens with zero attached hydrogens (tertiary/aromatic N) is 2. The van der Waals surface area contributed by atoms with E-state index in [-0.39, 0.29) is 16.9 Å². The number of carbonyl (C=O) groups excluding carboxylic acids is 1. The van der Waals surface area contributed by atoms with Crippen molar-refractivity contribution in [2.75, 3.05) is 18.2 Å². The molecule has 1 aliphatic rings. The summed E-state index contributed by atoms with van der Waals surface area (Å²) in [6.45, 7) is 0. The summed E-state index contributed by atoms with van der Waals surface area (Å²) in [6.07, 6.45) is 1.70. The van der Waals surface area contributed by atoms with Crippen molar-refractivity contribution in [1.82, 2.24) is 9.55 Å². The molecule has 0 aliphatic carbocycles. The quantitative estimate of drug-likeness (QED) is 0.742. The molecule has 0 saturated heterocycles. The lowest BCUT2D eigenvalue weighted by atomic mass is 10.1. The molecule has 0 bridgehead atoms. The van der Waals surface area contributed by atoms with E-state index in [1.54, 1.807) is 31.6 Å². The molecule has 132 valence electrons. The van der Waals surface area contributed by atoms with Gasteiger partial charge in [0, 0.05) is 5.69 Å². The molecule has 0 fully saturated rings. The van der Waals surface area contributed by atoms with Crippen molar-refractivity contribution in [2.45, 2.75) is 5.25 Å². The number of hydrogen-bond donors (Lipinski definition) is 2. The highest BCUT2D eigenvalue weighted by molar-refractivity contribution is 8.00. The van der Waals surface area contributed by atoms with Crippen LogP contribution in [0.15, 0.2) is 54.9 Å². The van der Waals surface area contributed by atoms with E-state index in [1.165, 1.54) is 11.8 Å². The molecule has 2 aromatic carbocycles. The number of ether oxygens (including phenoxy) is 1. The molecule has 1 atom stereocenters. The number of carbonyl (C=O) groups is 1. The summed E-state index contributed by atoms with van der Waals surface area (Å²) < 4.78 is 7.18. The molecule has 2 N–H and O–H groups in total. The first-order valence-corrected chi connectivity index (χ1v) is 9.12. The van der Waals surface area contributed by atoms with Crippen molar-refractivity contribution in [3.05, 3.63) is 66.1 Å². The number of fused-ring (bicyclic) bond motifs is 1. The van der Waals surface area contributed by atoms with Crippen molar-refractivity contribution in [1.29, 1.82) is 0 Å². The minimum Gasteiger partial charge on any atom is -0.508 e. The largest absolute Gasteiger partial charge is 0.508 e. The Morgan fingerprint density at radius 1 is 1.27 bits per heavy atom. The number of imidazole rings is 1. The van der Waals surface area contributed by atoms with Gasteiger partial charge in [0.2, 0.25) is 5.91 Å². The maximum Gasteiger partial charge on any atom is 0.235 e. The van der Waals surface area contributed by atoms with Gasteiger partial charge in [0.15, 0.2) is 5.82 Å². The maximum absolute atomic E-state index is 12.1. The predicted octanol–water partition coefficient (Wildman–Crippen LogP) is 3.36. The van der Waals surface area contributed by atoms with Crippen molar-refractivity contribution in [3.63, 3.8) is 0 Å². The van der Waals surface area contributed by atoms with Gasteiger partial charge in [0.25, 0.3) is 0 Å². The molecule has 0 radical (unpaired) electrons. The Morgan fingerprint density at radius 2 is 2.08 bits per heavy atom. The second-order valence-electron chi connectivity index (χ2n) is 5.88. The molecule has 1 aromatic heterocycles.